The van der Waals surface area contributed by atoms with E-state index in [2.05, 4.69) is 16.2 Å². The van der Waals surface area contributed by atoms with Crippen LogP contribution in [0, 0.1) is 5.41 Å². The molecule has 0 aliphatic carbocycles. The van der Waals surface area contributed by atoms with Crippen molar-refractivity contribution in [1.82, 2.24) is 15.4 Å². The molecule has 0 bridgehead atoms. The minimum absolute atomic E-state index is 0.0808. The molecule has 1 heterocycles. The number of pyridine rings is 1. The van der Waals surface area contributed by atoms with Crippen molar-refractivity contribution in [2.45, 2.75) is 32.9 Å². The molecule has 2 amide bonds. The van der Waals surface area contributed by atoms with E-state index < -0.39 is 23.4 Å². The van der Waals surface area contributed by atoms with Crippen LogP contribution in [-0.2, 0) is 11.8 Å². The van der Waals surface area contributed by atoms with Crippen LogP contribution >= 0.6 is 0 Å². The number of rotatable bonds is 10. The predicted molar refractivity (Wildman–Crippen MR) is 144 cm³/mol. The summed E-state index contributed by atoms with van der Waals surface area (Å²) in [5, 5.41) is 10.7. The van der Waals surface area contributed by atoms with Crippen LogP contribution in [0.2, 0.25) is 0 Å². The Balaban J connectivity index is 1.91. The van der Waals surface area contributed by atoms with Gasteiger partial charge in [0.15, 0.2) is 11.5 Å². The fraction of sp³-hybridized carbons (Fsp3) is 0.259. The van der Waals surface area contributed by atoms with Gasteiger partial charge in [-0.15, -0.1) is 0 Å². The number of benzene rings is 2. The highest BCUT2D eigenvalue weighted by Gasteiger charge is 2.24. The Bertz CT molecular complexity index is 1370. The molecule has 1 aromatic heterocycles. The number of nitrogens with two attached hydrogens (primary N) is 1. The molecule has 11 nitrogen and oxygen atoms in total. The van der Waals surface area contributed by atoms with E-state index >= 15 is 0 Å². The van der Waals surface area contributed by atoms with Gasteiger partial charge in [-0.3, -0.25) is 30.6 Å². The summed E-state index contributed by atoms with van der Waals surface area (Å²) in [7, 11) is 1.53. The molecule has 0 aliphatic heterocycles. The van der Waals surface area contributed by atoms with Gasteiger partial charge in [0.05, 0.1) is 12.7 Å². The van der Waals surface area contributed by atoms with Gasteiger partial charge in [-0.2, -0.15) is 0 Å². The zero-order valence-corrected chi connectivity index (χ0v) is 21.7. The van der Waals surface area contributed by atoms with Crippen molar-refractivity contribution in [3.8, 4) is 11.5 Å². The van der Waals surface area contributed by atoms with Crippen LogP contribution in [0.4, 0.5) is 5.69 Å². The second kappa shape index (κ2) is 12.4. The molecular weight excluding hydrogens is 488 g/mol. The van der Waals surface area contributed by atoms with Gasteiger partial charge in [-0.1, -0.05) is 6.07 Å². The number of hydrogen-bond donors (Lipinski definition) is 5. The predicted octanol–water partition coefficient (Wildman–Crippen LogP) is 2.47. The highest BCUT2D eigenvalue weighted by Crippen LogP contribution is 2.32. The Morgan fingerprint density at radius 1 is 1.05 bits per heavy atom. The largest absolute Gasteiger partial charge is 0.490 e. The molecule has 2 aromatic carbocycles. The summed E-state index contributed by atoms with van der Waals surface area (Å²) in [5.41, 5.74) is 11.3. The Morgan fingerprint density at radius 2 is 1.76 bits per heavy atom. The van der Waals surface area contributed by atoms with Gasteiger partial charge in [0.25, 0.3) is 17.4 Å². The van der Waals surface area contributed by atoms with Crippen molar-refractivity contribution in [3.63, 3.8) is 0 Å². The second-order valence-corrected chi connectivity index (χ2v) is 8.66. The maximum Gasteiger partial charge on any atom is 0.275 e. The van der Waals surface area contributed by atoms with Gasteiger partial charge in [0.1, 0.15) is 17.4 Å². The van der Waals surface area contributed by atoms with Gasteiger partial charge in [-0.25, -0.2) is 0 Å². The third kappa shape index (κ3) is 6.90. The minimum Gasteiger partial charge on any atom is -0.490 e. The lowest BCUT2D eigenvalue weighted by Crippen LogP contribution is -2.47. The number of hydrogen-bond acceptors (Lipinski definition) is 7. The molecule has 0 radical (unpaired) electrons. The normalized spacial score (nSPS) is 11.4. The van der Waals surface area contributed by atoms with Gasteiger partial charge < -0.3 is 25.1 Å². The molecule has 38 heavy (non-hydrogen) atoms. The first-order valence-corrected chi connectivity index (χ1v) is 12.0. The number of aromatic nitrogens is 1. The zero-order valence-electron chi connectivity index (χ0n) is 21.7. The van der Waals surface area contributed by atoms with E-state index in [1.807, 2.05) is 20.8 Å². The van der Waals surface area contributed by atoms with Gasteiger partial charge in [0.2, 0.25) is 0 Å². The average Bonchev–Trinajstić information content (AvgIpc) is 2.88. The van der Waals surface area contributed by atoms with Crippen LogP contribution in [-0.4, -0.2) is 34.9 Å². The van der Waals surface area contributed by atoms with E-state index in [0.29, 0.717) is 34.9 Å². The van der Waals surface area contributed by atoms with E-state index in [1.165, 1.54) is 23.9 Å². The fourth-order valence-electron chi connectivity index (χ4n) is 3.56. The molecule has 1 unspecified atom stereocenters. The first-order chi connectivity index (χ1) is 18.1. The first-order valence-electron chi connectivity index (χ1n) is 12.0. The number of nitrogens with zero attached hydrogens (tertiary/aromatic N) is 1. The van der Waals surface area contributed by atoms with Crippen molar-refractivity contribution in [3.05, 3.63) is 87.8 Å². The molecule has 0 saturated carbocycles. The van der Waals surface area contributed by atoms with Crippen LogP contribution in [0.15, 0.2) is 65.6 Å². The maximum atomic E-state index is 13.3. The molecule has 3 rings (SSSR count). The number of carbonyl (C=O) groups excluding carboxylic acids is 2. The van der Waals surface area contributed by atoms with Crippen LogP contribution in [0.1, 0.15) is 48.3 Å². The number of carbonyl (C=O) groups is 2. The third-order valence-corrected chi connectivity index (χ3v) is 5.40. The fourth-order valence-corrected chi connectivity index (χ4v) is 3.56. The van der Waals surface area contributed by atoms with Crippen molar-refractivity contribution in [1.29, 1.82) is 5.41 Å². The molecular formula is C27H32N6O5. The molecule has 0 aliphatic rings. The Hall–Kier alpha value is -4.80. The van der Waals surface area contributed by atoms with E-state index in [4.69, 9.17) is 20.6 Å². The second-order valence-electron chi connectivity index (χ2n) is 8.66. The van der Waals surface area contributed by atoms with Gasteiger partial charge in [0, 0.05) is 24.5 Å². The zero-order chi connectivity index (χ0) is 27.8. The average molecular weight is 521 g/mol. The Labute approximate surface area is 220 Å². The number of nitrogen functional groups attached to an aromatic ring is 1. The van der Waals surface area contributed by atoms with E-state index in [-0.39, 0.29) is 17.5 Å². The van der Waals surface area contributed by atoms with Crippen molar-refractivity contribution in [2.75, 3.05) is 11.9 Å². The number of ether oxygens (including phenoxy) is 2. The maximum absolute atomic E-state index is 13.3. The van der Waals surface area contributed by atoms with Gasteiger partial charge in [-0.05, 0) is 74.9 Å². The van der Waals surface area contributed by atoms with Crippen LogP contribution < -0.4 is 36.9 Å². The number of amides is 2. The number of nitrogens with one attached hydrogen (secondary N) is 4. The van der Waals surface area contributed by atoms with Crippen LogP contribution in [0.5, 0.6) is 11.5 Å². The lowest BCUT2D eigenvalue weighted by Gasteiger charge is -2.22. The summed E-state index contributed by atoms with van der Waals surface area (Å²) in [6, 6.07) is 13.7. The van der Waals surface area contributed by atoms with Crippen LogP contribution in [0.25, 0.3) is 0 Å². The Kier molecular flexibility index (Phi) is 9.09. The first kappa shape index (κ1) is 27.8. The summed E-state index contributed by atoms with van der Waals surface area (Å²) >= 11 is 0. The van der Waals surface area contributed by atoms with Crippen LogP contribution in [0.3, 0.4) is 0 Å². The van der Waals surface area contributed by atoms with E-state index in [9.17, 15) is 14.4 Å². The topological polar surface area (TPSA) is 161 Å². The minimum atomic E-state index is -0.982. The lowest BCUT2D eigenvalue weighted by molar-refractivity contribution is -0.122. The van der Waals surface area contributed by atoms with E-state index in [1.54, 1.807) is 48.5 Å². The number of aryl methyl sites for hydroxylation is 1. The monoisotopic (exact) mass is 520 g/mol. The van der Waals surface area contributed by atoms with Crippen molar-refractivity contribution in [2.24, 2.45) is 12.8 Å². The molecule has 0 spiro atoms. The Morgan fingerprint density at radius 3 is 2.39 bits per heavy atom. The molecule has 1 atom stereocenters. The highest BCUT2D eigenvalue weighted by molar-refractivity contribution is 5.96. The molecule has 11 heteroatoms. The van der Waals surface area contributed by atoms with Crippen molar-refractivity contribution >= 4 is 23.3 Å². The summed E-state index contributed by atoms with van der Waals surface area (Å²) < 4.78 is 12.8. The number of amidine groups is 1. The molecule has 3 aromatic rings. The molecule has 6 N–H and O–H groups in total. The summed E-state index contributed by atoms with van der Waals surface area (Å²) in [6.07, 6.45) is 1.44. The number of hydrazine groups is 1. The molecule has 0 fully saturated rings. The summed E-state index contributed by atoms with van der Waals surface area (Å²) in [6.45, 7) is 6.02. The van der Waals surface area contributed by atoms with Crippen molar-refractivity contribution < 1.29 is 19.1 Å². The quantitative estimate of drug-likeness (QED) is 0.156. The summed E-state index contributed by atoms with van der Waals surface area (Å²) in [5.74, 6) is -0.435. The molecule has 200 valence electrons. The SMILES string of the molecule is CCOc1cc(C(Nc2ccc(C(=N)N)cc2)C(=O)NNC(=O)c2cccn(C)c2=O)ccc1OC(C)C. The smallest absolute Gasteiger partial charge is 0.275 e. The standard InChI is InChI=1S/C27H32N6O5/c1-5-37-22-15-18(10-13-21(22)38-16(2)3)23(30-19-11-8-17(9-12-19)24(28)29)26(35)32-31-25(34)20-7-6-14-33(4)27(20)36/h6-16,23,30H,5H2,1-4H3,(H3,28,29)(H,31,34)(H,32,35). The van der Waals surface area contributed by atoms with E-state index in [0.717, 1.165) is 0 Å². The molecule has 0 saturated heterocycles. The lowest BCUT2D eigenvalue weighted by atomic mass is 10.0. The number of anilines is 1. The highest BCUT2D eigenvalue weighted by atomic mass is 16.5. The third-order valence-electron chi connectivity index (χ3n) is 5.40. The summed E-state index contributed by atoms with van der Waals surface area (Å²) in [4.78, 5) is 38.2. The van der Waals surface area contributed by atoms with Gasteiger partial charge >= 0.3 is 0 Å².